The molecule has 1 N–H and O–H groups in total. The van der Waals surface area contributed by atoms with Gasteiger partial charge in [0.2, 0.25) is 5.91 Å². The van der Waals surface area contributed by atoms with Crippen LogP contribution in [0.4, 0.5) is 20.3 Å². The maximum Gasteiger partial charge on any atom is 0.226 e. The molecule has 0 bridgehead atoms. The molecule has 0 atom stereocenters. The van der Waals surface area contributed by atoms with Crippen molar-refractivity contribution in [3.05, 3.63) is 120 Å². The minimum atomic E-state index is -0.359. The van der Waals surface area contributed by atoms with E-state index in [4.69, 9.17) is 9.97 Å². The molecule has 0 fully saturated rings. The highest BCUT2D eigenvalue weighted by molar-refractivity contribution is 5.93. The van der Waals surface area contributed by atoms with Gasteiger partial charge in [0.25, 0.3) is 0 Å². The maximum absolute atomic E-state index is 13.6. The molecule has 1 heterocycles. The molecule has 5 rings (SSSR count). The second-order valence-corrected chi connectivity index (χ2v) is 8.92. The van der Waals surface area contributed by atoms with Crippen molar-refractivity contribution in [2.24, 2.45) is 0 Å². The van der Waals surface area contributed by atoms with Gasteiger partial charge in [-0.3, -0.25) is 4.79 Å². The van der Waals surface area contributed by atoms with Crippen molar-refractivity contribution < 1.29 is 13.6 Å². The van der Waals surface area contributed by atoms with Gasteiger partial charge in [0.1, 0.15) is 17.5 Å². The van der Waals surface area contributed by atoms with Gasteiger partial charge in [0, 0.05) is 36.1 Å². The Labute approximate surface area is 219 Å². The molecule has 0 aliphatic heterocycles. The number of benzene rings is 4. The van der Waals surface area contributed by atoms with Crippen molar-refractivity contribution in [3.63, 3.8) is 0 Å². The Morgan fingerprint density at radius 2 is 1.39 bits per heavy atom. The highest BCUT2D eigenvalue weighted by Gasteiger charge is 2.17. The summed E-state index contributed by atoms with van der Waals surface area (Å²) in [7, 11) is 0. The molecule has 190 valence electrons. The predicted octanol–water partition coefficient (Wildman–Crippen LogP) is 6.65. The quantitative estimate of drug-likeness (QED) is 0.242. The molecule has 4 aromatic carbocycles. The Morgan fingerprint density at radius 1 is 0.737 bits per heavy atom. The molecule has 5 nitrogen and oxygen atoms in total. The predicted molar refractivity (Wildman–Crippen MR) is 147 cm³/mol. The number of rotatable bonds is 9. The average Bonchev–Trinajstić information content (AvgIpc) is 2.95. The van der Waals surface area contributed by atoms with Gasteiger partial charge in [0.15, 0.2) is 5.82 Å². The fourth-order valence-electron chi connectivity index (χ4n) is 4.25. The van der Waals surface area contributed by atoms with Crippen molar-refractivity contribution in [2.75, 3.05) is 23.3 Å². The number of carbonyl (C=O) groups excluding carboxylic acids is 1. The first kappa shape index (κ1) is 25.0. The molecule has 0 spiro atoms. The zero-order valence-electron chi connectivity index (χ0n) is 20.6. The largest absolute Gasteiger partial charge is 0.355 e. The van der Waals surface area contributed by atoms with E-state index in [1.165, 1.54) is 42.0 Å². The van der Waals surface area contributed by atoms with Gasteiger partial charge in [-0.2, -0.15) is 0 Å². The summed E-state index contributed by atoms with van der Waals surface area (Å²) < 4.78 is 26.8. The van der Waals surface area contributed by atoms with Crippen LogP contribution in [0.3, 0.4) is 0 Å². The standard InChI is InChI=1S/C31H26F2N4O/c32-24-12-10-23(11-13-24)30-35-28-9-5-4-8-27(28)31(36-30)37(20-18-22-6-2-1-3-7-22)21-19-29(38)34-26-16-14-25(33)15-17-26/h1-17H,18-21H2,(H,34,38). The number of fused-ring (bicyclic) bond motifs is 1. The van der Waals surface area contributed by atoms with Crippen LogP contribution in [0.5, 0.6) is 0 Å². The highest BCUT2D eigenvalue weighted by Crippen LogP contribution is 2.28. The van der Waals surface area contributed by atoms with Crippen LogP contribution in [0.15, 0.2) is 103 Å². The topological polar surface area (TPSA) is 58.1 Å². The van der Waals surface area contributed by atoms with Gasteiger partial charge in [0.05, 0.1) is 5.52 Å². The van der Waals surface area contributed by atoms with Crippen LogP contribution in [-0.2, 0) is 11.2 Å². The molecule has 0 unspecified atom stereocenters. The highest BCUT2D eigenvalue weighted by atomic mass is 19.1. The van der Waals surface area contributed by atoms with Gasteiger partial charge in [-0.05, 0) is 72.6 Å². The number of carbonyl (C=O) groups is 1. The molecule has 5 aromatic rings. The van der Waals surface area contributed by atoms with E-state index in [1.807, 2.05) is 42.5 Å². The number of amides is 1. The summed E-state index contributed by atoms with van der Waals surface area (Å²) in [6.07, 6.45) is 0.959. The Bertz CT molecular complexity index is 1520. The Hall–Kier alpha value is -4.65. The van der Waals surface area contributed by atoms with E-state index in [1.54, 1.807) is 12.1 Å². The van der Waals surface area contributed by atoms with Gasteiger partial charge < -0.3 is 10.2 Å². The lowest BCUT2D eigenvalue weighted by Crippen LogP contribution is -2.31. The van der Waals surface area contributed by atoms with E-state index in [-0.39, 0.29) is 24.0 Å². The van der Waals surface area contributed by atoms with Gasteiger partial charge in [-0.15, -0.1) is 0 Å². The lowest BCUT2D eigenvalue weighted by atomic mass is 10.1. The van der Waals surface area contributed by atoms with Gasteiger partial charge in [-0.1, -0.05) is 42.5 Å². The number of halogens is 2. The minimum Gasteiger partial charge on any atom is -0.355 e. The Kier molecular flexibility index (Phi) is 7.64. The average molecular weight is 509 g/mol. The second kappa shape index (κ2) is 11.6. The van der Waals surface area contributed by atoms with Crippen LogP contribution in [0, 0.1) is 11.6 Å². The second-order valence-electron chi connectivity index (χ2n) is 8.92. The molecule has 1 aromatic heterocycles. The SMILES string of the molecule is O=C(CCN(CCc1ccccc1)c1nc(-c2ccc(F)cc2)nc2ccccc12)Nc1ccc(F)cc1. The Balaban J connectivity index is 1.46. The van der Waals surface area contributed by atoms with Crippen LogP contribution >= 0.6 is 0 Å². The molecule has 0 radical (unpaired) electrons. The molecule has 0 aliphatic carbocycles. The van der Waals surface area contributed by atoms with E-state index in [2.05, 4.69) is 22.3 Å². The number of aromatic nitrogens is 2. The fraction of sp³-hybridized carbons (Fsp3) is 0.129. The third kappa shape index (κ3) is 6.18. The number of para-hydroxylation sites is 1. The number of nitrogens with one attached hydrogen (secondary N) is 1. The monoisotopic (exact) mass is 508 g/mol. The zero-order chi connectivity index (χ0) is 26.3. The normalized spacial score (nSPS) is 10.9. The summed E-state index contributed by atoms with van der Waals surface area (Å²) in [6.45, 7) is 1.03. The summed E-state index contributed by atoms with van der Waals surface area (Å²) in [4.78, 5) is 24.5. The van der Waals surface area contributed by atoms with Crippen LogP contribution in [-0.4, -0.2) is 29.0 Å². The molecule has 38 heavy (non-hydrogen) atoms. The molecule has 0 aliphatic rings. The van der Waals surface area contributed by atoms with Crippen molar-refractivity contribution >= 4 is 28.3 Å². The van der Waals surface area contributed by atoms with Gasteiger partial charge >= 0.3 is 0 Å². The molecule has 0 saturated carbocycles. The molecule has 0 saturated heterocycles. The lowest BCUT2D eigenvalue weighted by molar-refractivity contribution is -0.116. The lowest BCUT2D eigenvalue weighted by Gasteiger charge is -2.25. The first-order valence-electron chi connectivity index (χ1n) is 12.4. The number of anilines is 2. The van der Waals surface area contributed by atoms with E-state index < -0.39 is 0 Å². The smallest absolute Gasteiger partial charge is 0.226 e. The maximum atomic E-state index is 13.6. The number of hydrogen-bond donors (Lipinski definition) is 1. The first-order valence-corrected chi connectivity index (χ1v) is 12.4. The number of hydrogen-bond acceptors (Lipinski definition) is 4. The Morgan fingerprint density at radius 3 is 2.13 bits per heavy atom. The number of nitrogens with zero attached hydrogens (tertiary/aromatic N) is 3. The third-order valence-electron chi connectivity index (χ3n) is 6.24. The molecular weight excluding hydrogens is 482 g/mol. The summed E-state index contributed by atoms with van der Waals surface area (Å²) >= 11 is 0. The van der Waals surface area contributed by atoms with Crippen molar-refractivity contribution in [3.8, 4) is 11.4 Å². The first-order chi connectivity index (χ1) is 18.5. The summed E-state index contributed by atoms with van der Waals surface area (Å²) in [5, 5.41) is 3.69. The van der Waals surface area contributed by atoms with E-state index in [9.17, 15) is 13.6 Å². The van der Waals surface area contributed by atoms with Crippen LogP contribution in [0.2, 0.25) is 0 Å². The zero-order valence-corrected chi connectivity index (χ0v) is 20.6. The van der Waals surface area contributed by atoms with Crippen molar-refractivity contribution in [1.82, 2.24) is 9.97 Å². The fourth-order valence-corrected chi connectivity index (χ4v) is 4.25. The molecule has 7 heteroatoms. The molecule has 1 amide bonds. The summed E-state index contributed by atoms with van der Waals surface area (Å²) in [5.41, 5.74) is 3.18. The van der Waals surface area contributed by atoms with Crippen molar-refractivity contribution in [2.45, 2.75) is 12.8 Å². The van der Waals surface area contributed by atoms with Crippen LogP contribution < -0.4 is 10.2 Å². The summed E-state index contributed by atoms with van der Waals surface area (Å²) in [6, 6.07) is 29.7. The van der Waals surface area contributed by atoms with Crippen molar-refractivity contribution in [1.29, 1.82) is 0 Å². The van der Waals surface area contributed by atoms with E-state index >= 15 is 0 Å². The summed E-state index contributed by atoms with van der Waals surface area (Å²) in [5.74, 6) is 0.326. The van der Waals surface area contributed by atoms with E-state index in [0.29, 0.717) is 36.0 Å². The van der Waals surface area contributed by atoms with Crippen LogP contribution in [0.1, 0.15) is 12.0 Å². The molecular formula is C31H26F2N4O. The van der Waals surface area contributed by atoms with Crippen LogP contribution in [0.25, 0.3) is 22.3 Å². The third-order valence-corrected chi connectivity index (χ3v) is 6.24. The van der Waals surface area contributed by atoms with Gasteiger partial charge in [-0.25, -0.2) is 18.7 Å². The minimum absolute atomic E-state index is 0.182. The van der Waals surface area contributed by atoms with E-state index in [0.717, 1.165) is 17.3 Å².